The minimum atomic E-state index is -1.04. The summed E-state index contributed by atoms with van der Waals surface area (Å²) in [6.45, 7) is 6.57. The molecule has 1 aliphatic carbocycles. The summed E-state index contributed by atoms with van der Waals surface area (Å²) in [7, 11) is 0. The lowest BCUT2D eigenvalue weighted by Gasteiger charge is -2.19. The molecule has 1 N–H and O–H groups in total. The first-order valence-electron chi connectivity index (χ1n) is 10.2. The van der Waals surface area contributed by atoms with Gasteiger partial charge in [0.1, 0.15) is 17.0 Å². The fourth-order valence-electron chi connectivity index (χ4n) is 3.11. The monoisotopic (exact) mass is 446 g/mol. The van der Waals surface area contributed by atoms with Gasteiger partial charge in [-0.3, -0.25) is 4.79 Å². The van der Waals surface area contributed by atoms with Crippen LogP contribution in [-0.2, 0) is 9.47 Å². The van der Waals surface area contributed by atoms with Crippen molar-refractivity contribution in [2.75, 3.05) is 13.2 Å². The molecule has 2 aromatic rings. The topological polar surface area (TPSA) is 86.6 Å². The molecule has 0 unspecified atom stereocenters. The molecule has 1 aromatic carbocycles. The van der Waals surface area contributed by atoms with Crippen LogP contribution in [0.25, 0.3) is 10.9 Å². The van der Waals surface area contributed by atoms with Crippen molar-refractivity contribution in [3.63, 3.8) is 0 Å². The highest BCUT2D eigenvalue weighted by Crippen LogP contribution is 2.38. The molecule has 7 nitrogen and oxygen atoms in total. The molecule has 32 heavy (non-hydrogen) atoms. The number of nitrogens with one attached hydrogen (secondary N) is 1. The lowest BCUT2D eigenvalue weighted by Crippen LogP contribution is -2.32. The van der Waals surface area contributed by atoms with Crippen molar-refractivity contribution in [3.05, 3.63) is 45.2 Å². The second-order valence-corrected chi connectivity index (χ2v) is 8.33. The largest absolute Gasteiger partial charge is 0.462 e. The van der Waals surface area contributed by atoms with Gasteiger partial charge in [0.15, 0.2) is 5.82 Å². The van der Waals surface area contributed by atoms with E-state index in [9.17, 15) is 18.8 Å². The molecular weight excluding hydrogens is 422 g/mol. The maximum Gasteiger partial charge on any atom is 0.408 e. The Morgan fingerprint density at radius 1 is 1.28 bits per heavy atom. The lowest BCUT2D eigenvalue weighted by atomic mass is 10.1. The Labute approximate surface area is 183 Å². The van der Waals surface area contributed by atoms with Gasteiger partial charge in [0, 0.05) is 12.2 Å². The summed E-state index contributed by atoms with van der Waals surface area (Å²) in [5.41, 5.74) is -2.41. The average molecular weight is 446 g/mol. The van der Waals surface area contributed by atoms with E-state index in [2.05, 4.69) is 17.2 Å². The zero-order valence-electron chi connectivity index (χ0n) is 18.3. The predicted molar refractivity (Wildman–Crippen MR) is 113 cm³/mol. The number of aromatic nitrogens is 1. The van der Waals surface area contributed by atoms with Crippen LogP contribution in [0, 0.1) is 23.5 Å². The van der Waals surface area contributed by atoms with Crippen LogP contribution in [0.4, 0.5) is 13.6 Å². The fraction of sp³-hybridized carbons (Fsp3) is 0.435. The van der Waals surface area contributed by atoms with Crippen LogP contribution < -0.4 is 10.7 Å². The number of halogens is 2. The number of benzene rings is 1. The normalized spacial score (nSPS) is 13.3. The molecule has 1 saturated carbocycles. The van der Waals surface area contributed by atoms with Crippen molar-refractivity contribution in [2.45, 2.75) is 52.2 Å². The van der Waals surface area contributed by atoms with E-state index in [4.69, 9.17) is 9.47 Å². The summed E-state index contributed by atoms with van der Waals surface area (Å²) in [5.74, 6) is 1.99. The number of rotatable bonds is 4. The van der Waals surface area contributed by atoms with Crippen LogP contribution in [0.15, 0.2) is 17.1 Å². The number of hydrogen-bond donors (Lipinski definition) is 1. The minimum Gasteiger partial charge on any atom is -0.462 e. The third kappa shape index (κ3) is 5.07. The van der Waals surface area contributed by atoms with Crippen molar-refractivity contribution >= 4 is 23.0 Å². The molecule has 170 valence electrons. The Morgan fingerprint density at radius 2 is 1.97 bits per heavy atom. The number of ether oxygens (including phenoxy) is 2. The Hall–Kier alpha value is -3.41. The van der Waals surface area contributed by atoms with Crippen LogP contribution in [0.2, 0.25) is 0 Å². The van der Waals surface area contributed by atoms with Gasteiger partial charge in [0.2, 0.25) is 5.43 Å². The number of carbonyl (C=O) groups is 2. The fourth-order valence-corrected chi connectivity index (χ4v) is 3.11. The van der Waals surface area contributed by atoms with E-state index in [1.807, 2.05) is 0 Å². The Kier molecular flexibility index (Phi) is 6.53. The van der Waals surface area contributed by atoms with Crippen molar-refractivity contribution in [1.82, 2.24) is 9.88 Å². The summed E-state index contributed by atoms with van der Waals surface area (Å²) in [6.07, 6.45) is 2.03. The van der Waals surface area contributed by atoms with Gasteiger partial charge in [-0.25, -0.2) is 18.4 Å². The van der Waals surface area contributed by atoms with Crippen LogP contribution in [0.1, 0.15) is 62.5 Å². The third-order valence-corrected chi connectivity index (χ3v) is 4.58. The van der Waals surface area contributed by atoms with Gasteiger partial charge in [-0.2, -0.15) is 0 Å². The summed E-state index contributed by atoms with van der Waals surface area (Å²) in [5, 5.41) is 2.13. The van der Waals surface area contributed by atoms with Crippen molar-refractivity contribution in [1.29, 1.82) is 0 Å². The van der Waals surface area contributed by atoms with Gasteiger partial charge in [-0.15, -0.1) is 0 Å². The molecule has 0 radical (unpaired) electrons. The maximum absolute atomic E-state index is 15.3. The summed E-state index contributed by atoms with van der Waals surface area (Å²) >= 11 is 0. The second kappa shape index (κ2) is 8.99. The number of alkyl carbamates (subject to hydrolysis) is 1. The van der Waals surface area contributed by atoms with Gasteiger partial charge in [0.25, 0.3) is 0 Å². The Bertz CT molecular complexity index is 1200. The van der Waals surface area contributed by atoms with Crippen LogP contribution in [0.3, 0.4) is 0 Å². The zero-order chi connectivity index (χ0) is 23.6. The van der Waals surface area contributed by atoms with Crippen LogP contribution in [-0.4, -0.2) is 35.4 Å². The van der Waals surface area contributed by atoms with Crippen molar-refractivity contribution < 1.29 is 27.8 Å². The van der Waals surface area contributed by atoms with Gasteiger partial charge in [-0.05, 0) is 46.6 Å². The molecule has 1 aliphatic rings. The first kappa shape index (κ1) is 23.3. The highest BCUT2D eigenvalue weighted by molar-refractivity contribution is 5.94. The lowest BCUT2D eigenvalue weighted by molar-refractivity contribution is 0.0517. The molecule has 3 rings (SSSR count). The number of amides is 1. The van der Waals surface area contributed by atoms with Gasteiger partial charge >= 0.3 is 12.1 Å². The van der Waals surface area contributed by atoms with Crippen LogP contribution in [0.5, 0.6) is 0 Å². The third-order valence-electron chi connectivity index (χ3n) is 4.58. The Balaban J connectivity index is 2.00. The molecule has 1 aromatic heterocycles. The Morgan fingerprint density at radius 3 is 2.56 bits per heavy atom. The van der Waals surface area contributed by atoms with Crippen LogP contribution >= 0.6 is 0 Å². The quantitative estimate of drug-likeness (QED) is 0.572. The highest BCUT2D eigenvalue weighted by Gasteiger charge is 2.30. The summed E-state index contributed by atoms with van der Waals surface area (Å²) in [4.78, 5) is 36.6. The van der Waals surface area contributed by atoms with Gasteiger partial charge in [0.05, 0.1) is 29.6 Å². The van der Waals surface area contributed by atoms with Crippen molar-refractivity contribution in [2.24, 2.45) is 0 Å². The van der Waals surface area contributed by atoms with E-state index in [1.165, 1.54) is 10.8 Å². The first-order valence-corrected chi connectivity index (χ1v) is 10.2. The number of hydrogen-bond acceptors (Lipinski definition) is 5. The summed E-state index contributed by atoms with van der Waals surface area (Å²) in [6, 6.07) is 0.772. The number of pyridine rings is 1. The first-order chi connectivity index (χ1) is 15.0. The van der Waals surface area contributed by atoms with E-state index in [0.29, 0.717) is 0 Å². The number of nitrogens with zero attached hydrogens (tertiary/aromatic N) is 1. The molecule has 1 heterocycles. The molecule has 1 amide bonds. The average Bonchev–Trinajstić information content (AvgIpc) is 3.52. The zero-order valence-corrected chi connectivity index (χ0v) is 18.3. The van der Waals surface area contributed by atoms with E-state index < -0.39 is 40.3 Å². The van der Waals surface area contributed by atoms with E-state index in [1.54, 1.807) is 27.7 Å². The van der Waals surface area contributed by atoms with Gasteiger partial charge in [-0.1, -0.05) is 11.8 Å². The van der Waals surface area contributed by atoms with Crippen molar-refractivity contribution in [3.8, 4) is 11.8 Å². The molecule has 9 heteroatoms. The SMILES string of the molecule is CCOC(=O)c1cn(C2CC2)c2c(F)c(C#CCNC(=O)OC(C)(C)C)c(F)cc2c1=O. The maximum atomic E-state index is 15.3. The summed E-state index contributed by atoms with van der Waals surface area (Å²) < 4.78 is 41.4. The highest BCUT2D eigenvalue weighted by atomic mass is 19.1. The number of carbonyl (C=O) groups excluding carboxylic acids is 2. The molecule has 0 spiro atoms. The molecular formula is C23H24F2N2O5. The van der Waals surface area contributed by atoms with E-state index in [-0.39, 0.29) is 35.7 Å². The smallest absolute Gasteiger partial charge is 0.408 e. The van der Waals surface area contributed by atoms with E-state index >= 15 is 4.39 Å². The molecule has 0 saturated heterocycles. The molecule has 0 atom stereocenters. The molecule has 0 aliphatic heterocycles. The predicted octanol–water partition coefficient (Wildman–Crippen LogP) is 3.67. The molecule has 1 fully saturated rings. The standard InChI is InChI=1S/C23H24F2N2O5/c1-5-31-21(29)16-12-27(13-8-9-13)19-15(20(16)28)11-17(24)14(18(19)25)7-6-10-26-22(30)32-23(2,3)4/h11-13H,5,8-10H2,1-4H3,(H,26,30). The number of fused-ring (bicyclic) bond motifs is 1. The van der Waals surface area contributed by atoms with Gasteiger partial charge < -0.3 is 19.4 Å². The van der Waals surface area contributed by atoms with E-state index in [0.717, 1.165) is 18.9 Å². The second-order valence-electron chi connectivity index (χ2n) is 8.33. The molecule has 0 bridgehead atoms. The minimum absolute atomic E-state index is 0.0638. The number of esters is 1.